The van der Waals surface area contributed by atoms with Crippen molar-refractivity contribution >= 4 is 41.2 Å². The van der Waals surface area contributed by atoms with Gasteiger partial charge in [-0.1, -0.05) is 0 Å². The number of amides is 1. The van der Waals surface area contributed by atoms with Crippen LogP contribution in [0.15, 0.2) is 11.1 Å². The maximum atomic E-state index is 14.2. The molecule has 2 aliphatic carbocycles. The monoisotopic (exact) mass is 607 g/mol. The molecule has 2 bridgehead atoms. The Hall–Kier alpha value is -3.50. The third-order valence-corrected chi connectivity index (χ3v) is 9.70. The summed E-state index contributed by atoms with van der Waals surface area (Å²) in [5.74, 6) is -7.04. The Morgan fingerprint density at radius 1 is 1.05 bits per heavy atom. The van der Waals surface area contributed by atoms with Crippen LogP contribution in [0.5, 0.6) is 11.5 Å². The van der Waals surface area contributed by atoms with Gasteiger partial charge < -0.3 is 45.4 Å². The van der Waals surface area contributed by atoms with Crippen LogP contribution >= 0.6 is 11.8 Å². The fourth-order valence-corrected chi connectivity index (χ4v) is 7.85. The number of thioether (sulfide) groups is 1. The van der Waals surface area contributed by atoms with Gasteiger partial charge in [0.15, 0.2) is 11.6 Å². The molecule has 0 aromatic heterocycles. The second kappa shape index (κ2) is 10.3. The summed E-state index contributed by atoms with van der Waals surface area (Å²) in [6.07, 6.45) is -6.62. The van der Waals surface area contributed by atoms with Crippen LogP contribution in [0, 0.1) is 0 Å². The number of carbonyl (C=O) groups excluding carboxylic acids is 3. The number of aromatic hydroxyl groups is 2. The number of phenols is 2. The Balaban J connectivity index is 1.67. The largest absolute Gasteiger partial charge is 0.507 e. The quantitative estimate of drug-likeness (QED) is 0.204. The van der Waals surface area contributed by atoms with E-state index in [1.165, 1.54) is 13.8 Å². The molecule has 42 heavy (non-hydrogen) atoms. The average molecular weight is 608 g/mol. The Morgan fingerprint density at radius 2 is 1.67 bits per heavy atom. The predicted molar refractivity (Wildman–Crippen MR) is 141 cm³/mol. The van der Waals surface area contributed by atoms with Crippen molar-refractivity contribution in [3.63, 3.8) is 0 Å². The van der Waals surface area contributed by atoms with Gasteiger partial charge in [0.1, 0.15) is 23.1 Å². The summed E-state index contributed by atoms with van der Waals surface area (Å²) in [4.78, 5) is 63.1. The highest BCUT2D eigenvalue weighted by Gasteiger charge is 2.60. The van der Waals surface area contributed by atoms with E-state index in [0.29, 0.717) is 0 Å². The van der Waals surface area contributed by atoms with Gasteiger partial charge in [-0.25, -0.2) is 4.79 Å². The zero-order valence-electron chi connectivity index (χ0n) is 22.6. The van der Waals surface area contributed by atoms with Crippen molar-refractivity contribution < 1.29 is 64.1 Å². The standard InChI is InChI=1S/C27H29NO13S/c1-7-15-19(25(12(40-7)5-14(31)32)42-6-10(26(37)38)28-9(3)29)23(35)17-18(21(15)33)24(36)20-16(22(17)34)11-4-13(30)27(20,39)8(2)41-11/h7-8,10-13,25,30,34,36,39H,4-6H2,1-3H3,(H,28,29)(H,31,32)(H,37,38). The maximum Gasteiger partial charge on any atom is 0.327 e. The fraction of sp³-hybridized carbons (Fsp3) is 0.519. The highest BCUT2D eigenvalue weighted by Crippen LogP contribution is 2.59. The van der Waals surface area contributed by atoms with Crippen LogP contribution in [0.4, 0.5) is 0 Å². The number of carboxylic acids is 2. The summed E-state index contributed by atoms with van der Waals surface area (Å²) >= 11 is 0.788. The van der Waals surface area contributed by atoms with Gasteiger partial charge in [0.2, 0.25) is 5.91 Å². The highest BCUT2D eigenvalue weighted by molar-refractivity contribution is 8.00. The van der Waals surface area contributed by atoms with Crippen LogP contribution in [0.3, 0.4) is 0 Å². The Morgan fingerprint density at radius 3 is 2.24 bits per heavy atom. The molecule has 15 heteroatoms. The van der Waals surface area contributed by atoms with E-state index in [4.69, 9.17) is 9.47 Å². The smallest absolute Gasteiger partial charge is 0.327 e. The first-order chi connectivity index (χ1) is 19.6. The van der Waals surface area contributed by atoms with E-state index in [1.807, 2.05) is 0 Å². The molecule has 0 radical (unpaired) electrons. The third kappa shape index (κ3) is 4.29. The summed E-state index contributed by atoms with van der Waals surface area (Å²) < 4.78 is 11.6. The van der Waals surface area contributed by atoms with Crippen LogP contribution in [0.1, 0.15) is 71.6 Å². The molecule has 3 heterocycles. The van der Waals surface area contributed by atoms with Crippen LogP contribution in [-0.2, 0) is 29.5 Å². The molecule has 1 saturated heterocycles. The number of carboxylic acid groups (broad SMARTS) is 2. The van der Waals surface area contributed by atoms with Gasteiger partial charge in [-0.05, 0) is 13.8 Å². The van der Waals surface area contributed by atoms with Gasteiger partial charge in [0, 0.05) is 41.4 Å². The van der Waals surface area contributed by atoms with Crippen molar-refractivity contribution in [3.8, 4) is 11.5 Å². The molecule has 7 N–H and O–H groups in total. The van der Waals surface area contributed by atoms with Crippen molar-refractivity contribution in [1.29, 1.82) is 0 Å². The molecule has 1 aromatic rings. The van der Waals surface area contributed by atoms with Gasteiger partial charge in [-0.2, -0.15) is 0 Å². The normalized spacial score (nSPS) is 32.1. The predicted octanol–water partition coefficient (Wildman–Crippen LogP) is 0.139. The van der Waals surface area contributed by atoms with Crippen LogP contribution < -0.4 is 5.32 Å². The van der Waals surface area contributed by atoms with E-state index in [0.717, 1.165) is 18.7 Å². The summed E-state index contributed by atoms with van der Waals surface area (Å²) in [6.45, 7) is 3.97. The first-order valence-corrected chi connectivity index (χ1v) is 14.2. The maximum absolute atomic E-state index is 14.2. The molecule has 3 aliphatic heterocycles. The van der Waals surface area contributed by atoms with Gasteiger partial charge >= 0.3 is 11.9 Å². The number of aliphatic carboxylic acids is 2. The molecule has 0 saturated carbocycles. The van der Waals surface area contributed by atoms with E-state index in [2.05, 4.69) is 5.32 Å². The number of benzene rings is 1. The van der Waals surface area contributed by atoms with Crippen molar-refractivity contribution in [2.75, 3.05) is 5.75 Å². The number of ether oxygens (including phenoxy) is 2. The van der Waals surface area contributed by atoms with Gasteiger partial charge in [0.05, 0.1) is 53.3 Å². The SMILES string of the molecule is CC(=O)NC(CSC1C2=C(C(=O)c3c(O)c4c(c(O)c3C2=O)C2CC(O)C4(O)C(C)O2)C(C)OC1CC(=O)O)C(=O)O. The van der Waals surface area contributed by atoms with E-state index in [9.17, 15) is 54.6 Å². The Bertz CT molecular complexity index is 1460. The lowest BCUT2D eigenvalue weighted by molar-refractivity contribution is -0.246. The second-order valence-corrected chi connectivity index (χ2v) is 12.0. The minimum atomic E-state index is -2.20. The van der Waals surface area contributed by atoms with Gasteiger partial charge in [-0.15, -0.1) is 11.8 Å². The zero-order chi connectivity index (χ0) is 31.0. The lowest BCUT2D eigenvalue weighted by Crippen LogP contribution is -2.58. The molecule has 8 atom stereocenters. The molecule has 1 fully saturated rings. The molecule has 14 nitrogen and oxygen atoms in total. The molecule has 5 aliphatic rings. The minimum Gasteiger partial charge on any atom is -0.507 e. The van der Waals surface area contributed by atoms with Crippen molar-refractivity contribution in [1.82, 2.24) is 5.32 Å². The van der Waals surface area contributed by atoms with Crippen molar-refractivity contribution in [2.24, 2.45) is 0 Å². The number of carbonyl (C=O) groups is 5. The average Bonchev–Trinajstić information content (AvgIpc) is 2.88. The van der Waals surface area contributed by atoms with Crippen molar-refractivity contribution in [2.45, 2.75) is 81.0 Å². The first-order valence-electron chi connectivity index (χ1n) is 13.1. The van der Waals surface area contributed by atoms with E-state index >= 15 is 0 Å². The summed E-state index contributed by atoms with van der Waals surface area (Å²) in [7, 11) is 0. The second-order valence-electron chi connectivity index (χ2n) is 10.8. The van der Waals surface area contributed by atoms with E-state index in [-0.39, 0.29) is 34.4 Å². The summed E-state index contributed by atoms with van der Waals surface area (Å²) in [5.41, 5.74) is -4.30. The molecular weight excluding hydrogens is 578 g/mol. The number of fused-ring (bicyclic) bond motifs is 3. The van der Waals surface area contributed by atoms with E-state index < -0.39 is 106 Å². The number of aliphatic hydroxyl groups is 2. The number of nitrogens with one attached hydrogen (secondary N) is 1. The summed E-state index contributed by atoms with van der Waals surface area (Å²) in [6, 6.07) is -1.42. The first kappa shape index (κ1) is 30.0. The molecular formula is C27H29NO13S. The highest BCUT2D eigenvalue weighted by atomic mass is 32.2. The summed E-state index contributed by atoms with van der Waals surface area (Å²) in [5, 5.41) is 65.0. The lowest BCUT2D eigenvalue weighted by atomic mass is 9.66. The molecule has 1 amide bonds. The molecule has 226 valence electrons. The molecule has 0 spiro atoms. The number of ketones is 2. The van der Waals surface area contributed by atoms with Crippen LogP contribution in [0.25, 0.3) is 0 Å². The molecule has 6 rings (SSSR count). The van der Waals surface area contributed by atoms with Crippen LogP contribution in [-0.4, -0.2) is 102 Å². The number of hydrogen-bond donors (Lipinski definition) is 7. The Labute approximate surface area is 242 Å². The number of Topliss-reactive ketones (excluding diaryl/α,β-unsaturated/α-hetero) is 2. The Kier molecular flexibility index (Phi) is 7.38. The van der Waals surface area contributed by atoms with Gasteiger partial charge in [-0.3, -0.25) is 19.2 Å². The zero-order valence-corrected chi connectivity index (χ0v) is 23.4. The lowest BCUT2D eigenvalue weighted by Gasteiger charge is -2.52. The minimum absolute atomic E-state index is 0.148. The van der Waals surface area contributed by atoms with Gasteiger partial charge in [0.25, 0.3) is 0 Å². The number of phenolic OH excluding ortho intramolecular Hbond substituents is 2. The van der Waals surface area contributed by atoms with Crippen LogP contribution in [0.2, 0.25) is 0 Å². The molecule has 8 unspecified atom stereocenters. The van der Waals surface area contributed by atoms with E-state index in [1.54, 1.807) is 0 Å². The fourth-order valence-electron chi connectivity index (χ4n) is 6.44. The number of hydrogen-bond acceptors (Lipinski definition) is 12. The topological polar surface area (TPSA) is 237 Å². The third-order valence-electron chi connectivity index (χ3n) is 8.28. The number of aliphatic hydroxyl groups excluding tert-OH is 1. The molecule has 1 aromatic carbocycles. The number of rotatable bonds is 7. The van der Waals surface area contributed by atoms with Crippen molar-refractivity contribution in [3.05, 3.63) is 33.4 Å².